The van der Waals surface area contributed by atoms with Crippen molar-refractivity contribution in [2.24, 2.45) is 5.41 Å². The van der Waals surface area contributed by atoms with Gasteiger partial charge < -0.3 is 9.72 Å². The molecular weight excluding hydrogens is 224 g/mol. The number of nitrogens with one attached hydrogen (secondary N) is 1. The van der Waals surface area contributed by atoms with Gasteiger partial charge in [-0.25, -0.2) is 4.98 Å². The zero-order chi connectivity index (χ0) is 12.4. The fourth-order valence-electron chi connectivity index (χ4n) is 2.65. The molecule has 2 aromatic rings. The molecule has 0 aromatic carbocycles. The molecule has 0 spiro atoms. The van der Waals surface area contributed by atoms with Gasteiger partial charge >= 0.3 is 0 Å². The number of fused-ring (bicyclic) bond motifs is 1. The molecular formula is C14H16N4. The normalized spacial score (nSPS) is 18.6. The van der Waals surface area contributed by atoms with E-state index >= 15 is 0 Å². The van der Waals surface area contributed by atoms with Gasteiger partial charge in [0.05, 0.1) is 17.2 Å². The third-order valence-electron chi connectivity index (χ3n) is 3.73. The summed E-state index contributed by atoms with van der Waals surface area (Å²) in [4.78, 5) is 4.59. The number of piperidine rings is 1. The molecule has 2 aromatic heterocycles. The minimum absolute atomic E-state index is 0.233. The van der Waals surface area contributed by atoms with Gasteiger partial charge in [-0.2, -0.15) is 5.26 Å². The van der Waals surface area contributed by atoms with Crippen LogP contribution in [-0.4, -0.2) is 22.5 Å². The van der Waals surface area contributed by atoms with E-state index in [1.54, 1.807) is 0 Å². The van der Waals surface area contributed by atoms with Crippen LogP contribution in [-0.2, 0) is 6.42 Å². The third kappa shape index (κ3) is 1.98. The summed E-state index contributed by atoms with van der Waals surface area (Å²) in [6.45, 7) is 1.86. The van der Waals surface area contributed by atoms with Crippen LogP contribution in [0.2, 0.25) is 0 Å². The second-order valence-electron chi connectivity index (χ2n) is 5.02. The van der Waals surface area contributed by atoms with Gasteiger partial charge in [0, 0.05) is 18.8 Å². The van der Waals surface area contributed by atoms with Gasteiger partial charge in [-0.1, -0.05) is 6.07 Å². The number of rotatable bonds is 2. The smallest absolute Gasteiger partial charge is 0.136 e. The van der Waals surface area contributed by atoms with Crippen LogP contribution in [0.25, 0.3) is 5.65 Å². The summed E-state index contributed by atoms with van der Waals surface area (Å²) in [7, 11) is 0. The number of nitrogens with zero attached hydrogens (tertiary/aromatic N) is 3. The molecule has 3 rings (SSSR count). The highest BCUT2D eigenvalue weighted by molar-refractivity contribution is 5.39. The topological polar surface area (TPSA) is 53.1 Å². The van der Waals surface area contributed by atoms with Crippen LogP contribution in [0.1, 0.15) is 18.5 Å². The van der Waals surface area contributed by atoms with Crippen molar-refractivity contribution in [1.29, 1.82) is 5.26 Å². The Balaban J connectivity index is 1.88. The molecule has 3 heterocycles. The van der Waals surface area contributed by atoms with Crippen LogP contribution >= 0.6 is 0 Å². The number of nitriles is 1. The van der Waals surface area contributed by atoms with Gasteiger partial charge in [0.15, 0.2) is 0 Å². The van der Waals surface area contributed by atoms with Crippen LogP contribution in [0.4, 0.5) is 0 Å². The Hall–Kier alpha value is -1.86. The van der Waals surface area contributed by atoms with E-state index < -0.39 is 0 Å². The van der Waals surface area contributed by atoms with Crippen molar-refractivity contribution in [3.8, 4) is 6.07 Å². The lowest BCUT2D eigenvalue weighted by Gasteiger charge is -2.30. The van der Waals surface area contributed by atoms with E-state index in [-0.39, 0.29) is 5.41 Å². The van der Waals surface area contributed by atoms with E-state index in [4.69, 9.17) is 0 Å². The van der Waals surface area contributed by atoms with E-state index in [0.717, 1.165) is 43.7 Å². The molecule has 0 atom stereocenters. The Bertz CT molecular complexity index is 554. The fourth-order valence-corrected chi connectivity index (χ4v) is 2.65. The maximum Gasteiger partial charge on any atom is 0.136 e. The lowest BCUT2D eigenvalue weighted by molar-refractivity contribution is 0.278. The minimum atomic E-state index is -0.233. The Morgan fingerprint density at radius 3 is 2.94 bits per heavy atom. The molecule has 1 saturated heterocycles. The molecule has 0 aliphatic carbocycles. The van der Waals surface area contributed by atoms with Crippen LogP contribution in [0.3, 0.4) is 0 Å². The summed E-state index contributed by atoms with van der Waals surface area (Å²) in [5.41, 5.74) is 1.74. The highest BCUT2D eigenvalue weighted by Crippen LogP contribution is 2.31. The quantitative estimate of drug-likeness (QED) is 0.870. The van der Waals surface area contributed by atoms with E-state index in [0.29, 0.717) is 0 Å². The second kappa shape index (κ2) is 4.43. The number of imidazole rings is 1. The van der Waals surface area contributed by atoms with Crippen molar-refractivity contribution in [2.45, 2.75) is 19.3 Å². The molecule has 1 aliphatic rings. The Morgan fingerprint density at radius 1 is 1.39 bits per heavy atom. The van der Waals surface area contributed by atoms with E-state index in [1.807, 2.05) is 35.0 Å². The summed E-state index contributed by atoms with van der Waals surface area (Å²) in [6, 6.07) is 8.48. The first-order valence-electron chi connectivity index (χ1n) is 6.36. The number of hydrogen-bond donors (Lipinski definition) is 1. The predicted molar refractivity (Wildman–Crippen MR) is 69.0 cm³/mol. The van der Waals surface area contributed by atoms with Gasteiger partial charge in [0.25, 0.3) is 0 Å². The van der Waals surface area contributed by atoms with Crippen molar-refractivity contribution >= 4 is 5.65 Å². The van der Waals surface area contributed by atoms with Crippen LogP contribution < -0.4 is 5.32 Å². The van der Waals surface area contributed by atoms with Crippen molar-refractivity contribution in [1.82, 2.24) is 14.7 Å². The summed E-state index contributed by atoms with van der Waals surface area (Å²) < 4.78 is 2.02. The monoisotopic (exact) mass is 240 g/mol. The highest BCUT2D eigenvalue weighted by atomic mass is 15.0. The summed E-state index contributed by atoms with van der Waals surface area (Å²) >= 11 is 0. The van der Waals surface area contributed by atoms with Crippen molar-refractivity contribution in [2.75, 3.05) is 13.1 Å². The largest absolute Gasteiger partial charge is 0.317 e. The van der Waals surface area contributed by atoms with Gasteiger partial charge in [0.2, 0.25) is 0 Å². The van der Waals surface area contributed by atoms with Gasteiger partial charge in [-0.05, 0) is 38.1 Å². The van der Waals surface area contributed by atoms with Crippen LogP contribution in [0.15, 0.2) is 30.6 Å². The summed E-state index contributed by atoms with van der Waals surface area (Å²) in [5.74, 6) is 0. The standard InChI is InChI=1S/C14H16N4/c15-11-14(4-6-16-7-5-14)9-12-10-18-8-2-1-3-13(18)17-12/h1-3,8,10,16H,4-7,9H2. The molecule has 0 saturated carbocycles. The van der Waals surface area contributed by atoms with Crippen molar-refractivity contribution in [3.05, 3.63) is 36.3 Å². The molecule has 4 nitrogen and oxygen atoms in total. The van der Waals surface area contributed by atoms with Crippen molar-refractivity contribution in [3.63, 3.8) is 0 Å². The summed E-state index contributed by atoms with van der Waals surface area (Å²) in [5, 5.41) is 12.8. The molecule has 4 heteroatoms. The molecule has 1 aliphatic heterocycles. The molecule has 0 radical (unpaired) electrons. The fraction of sp³-hybridized carbons (Fsp3) is 0.429. The molecule has 18 heavy (non-hydrogen) atoms. The maximum atomic E-state index is 9.47. The molecule has 92 valence electrons. The Kier molecular flexibility index (Phi) is 2.77. The van der Waals surface area contributed by atoms with Gasteiger partial charge in [0.1, 0.15) is 5.65 Å². The van der Waals surface area contributed by atoms with Crippen LogP contribution in [0, 0.1) is 16.7 Å². The molecule has 0 amide bonds. The lowest BCUT2D eigenvalue weighted by Crippen LogP contribution is -2.37. The number of aromatic nitrogens is 2. The minimum Gasteiger partial charge on any atom is -0.317 e. The maximum absolute atomic E-state index is 9.47. The van der Waals surface area contributed by atoms with Gasteiger partial charge in [-0.3, -0.25) is 0 Å². The van der Waals surface area contributed by atoms with Crippen molar-refractivity contribution < 1.29 is 0 Å². The predicted octanol–water partition coefficient (Wildman–Crippen LogP) is 1.77. The lowest BCUT2D eigenvalue weighted by atomic mass is 9.77. The van der Waals surface area contributed by atoms with Gasteiger partial charge in [-0.15, -0.1) is 0 Å². The molecule has 0 unspecified atom stereocenters. The first-order valence-corrected chi connectivity index (χ1v) is 6.36. The zero-order valence-electron chi connectivity index (χ0n) is 10.3. The Labute approximate surface area is 106 Å². The van der Waals surface area contributed by atoms with Crippen LogP contribution in [0.5, 0.6) is 0 Å². The average Bonchev–Trinajstić information content (AvgIpc) is 2.81. The van der Waals surface area contributed by atoms with E-state index in [9.17, 15) is 5.26 Å². The SMILES string of the molecule is N#CC1(Cc2cn3ccccc3n2)CCNCC1. The van der Waals surface area contributed by atoms with E-state index in [2.05, 4.69) is 16.4 Å². The molecule has 1 fully saturated rings. The Morgan fingerprint density at radius 2 is 2.22 bits per heavy atom. The van der Waals surface area contributed by atoms with E-state index in [1.165, 1.54) is 0 Å². The molecule has 1 N–H and O–H groups in total. The average molecular weight is 240 g/mol. The third-order valence-corrected chi connectivity index (χ3v) is 3.73. The highest BCUT2D eigenvalue weighted by Gasteiger charge is 2.33. The molecule has 0 bridgehead atoms. The summed E-state index contributed by atoms with van der Waals surface area (Å²) in [6.07, 6.45) is 6.62. The first kappa shape index (κ1) is 11.2. The first-order chi connectivity index (χ1) is 8.81. The number of pyridine rings is 1. The number of hydrogen-bond acceptors (Lipinski definition) is 3. The second-order valence-corrected chi connectivity index (χ2v) is 5.02. The zero-order valence-corrected chi connectivity index (χ0v) is 10.3.